The molecule has 14 heteroatoms. The van der Waals surface area contributed by atoms with Crippen molar-refractivity contribution < 1.29 is 26.0 Å². The number of nitrogens with zero attached hydrogens (tertiary/aromatic N) is 5. The van der Waals surface area contributed by atoms with Crippen molar-refractivity contribution >= 4 is 27.3 Å². The molecular weight excluding hydrogens is 524 g/mol. The van der Waals surface area contributed by atoms with Crippen LogP contribution < -0.4 is 4.72 Å². The SMILES string of the molecule is [C-]#[N+]c1ccc(-c2ccn(-c3ccc(CNS(=O)(=O)c4cn(C)nc4C(F)(F)F)c(F)c3)n2)cc1Cl. The van der Waals surface area contributed by atoms with Crippen molar-refractivity contribution in [3.05, 3.63) is 88.4 Å². The minimum absolute atomic E-state index is 0.0892. The molecule has 0 saturated heterocycles. The number of aromatic nitrogens is 4. The molecule has 0 unspecified atom stereocenters. The number of nitrogens with one attached hydrogen (secondary N) is 1. The number of aryl methyl sites for hydroxylation is 1. The molecule has 0 amide bonds. The van der Waals surface area contributed by atoms with E-state index in [1.807, 2.05) is 4.72 Å². The fourth-order valence-corrected chi connectivity index (χ4v) is 4.74. The molecule has 0 saturated carbocycles. The molecule has 0 bridgehead atoms. The van der Waals surface area contributed by atoms with Crippen LogP contribution in [0.25, 0.3) is 21.8 Å². The van der Waals surface area contributed by atoms with Gasteiger partial charge >= 0.3 is 6.18 Å². The Labute approximate surface area is 207 Å². The highest BCUT2D eigenvalue weighted by atomic mass is 35.5. The summed E-state index contributed by atoms with van der Waals surface area (Å²) in [5.74, 6) is -0.793. The second-order valence-corrected chi connectivity index (χ2v) is 9.68. The summed E-state index contributed by atoms with van der Waals surface area (Å²) in [5.41, 5.74) is 0.127. The van der Waals surface area contributed by atoms with E-state index in [-0.39, 0.29) is 10.6 Å². The number of halogens is 5. The van der Waals surface area contributed by atoms with Gasteiger partial charge in [-0.25, -0.2) is 27.1 Å². The average Bonchev–Trinajstić information content (AvgIpc) is 3.46. The molecule has 36 heavy (non-hydrogen) atoms. The fourth-order valence-electron chi connectivity index (χ4n) is 3.31. The van der Waals surface area contributed by atoms with E-state index in [0.717, 1.165) is 24.0 Å². The predicted molar refractivity (Wildman–Crippen MR) is 122 cm³/mol. The van der Waals surface area contributed by atoms with E-state index in [4.69, 9.17) is 18.2 Å². The molecule has 8 nitrogen and oxygen atoms in total. The lowest BCUT2D eigenvalue weighted by Crippen LogP contribution is -2.26. The van der Waals surface area contributed by atoms with Crippen LogP contribution in [0.2, 0.25) is 5.02 Å². The molecule has 2 heterocycles. The van der Waals surface area contributed by atoms with Crippen LogP contribution in [0.15, 0.2) is 59.8 Å². The molecule has 0 atom stereocenters. The van der Waals surface area contributed by atoms with Crippen LogP contribution in [-0.2, 0) is 29.8 Å². The van der Waals surface area contributed by atoms with Gasteiger partial charge in [0, 0.05) is 42.1 Å². The standard InChI is InChI=1S/C22H15ClF4N6O2S/c1-28-19-6-4-13(9-16(19)23)18-7-8-33(30-18)15-5-3-14(17(24)10-15)11-29-36(34,35)20-12-32(2)31-21(20)22(25,26)27/h3-10,12,29H,11H2,2H3. The Kier molecular flexibility index (Phi) is 6.61. The van der Waals surface area contributed by atoms with Crippen LogP contribution in [-0.4, -0.2) is 28.0 Å². The molecule has 4 aromatic rings. The zero-order chi connectivity index (χ0) is 26.3. The molecule has 1 N–H and O–H groups in total. The third-order valence-corrected chi connectivity index (χ3v) is 6.76. The van der Waals surface area contributed by atoms with Gasteiger partial charge in [0.1, 0.15) is 10.7 Å². The third-order valence-electron chi connectivity index (χ3n) is 5.06. The zero-order valence-corrected chi connectivity index (χ0v) is 19.8. The number of alkyl halides is 3. The van der Waals surface area contributed by atoms with E-state index in [9.17, 15) is 26.0 Å². The number of hydrogen-bond donors (Lipinski definition) is 1. The maximum atomic E-state index is 14.7. The summed E-state index contributed by atoms with van der Waals surface area (Å²) in [6.07, 6.45) is -2.68. The van der Waals surface area contributed by atoms with Gasteiger partial charge in [0.2, 0.25) is 15.7 Å². The van der Waals surface area contributed by atoms with Crippen LogP contribution >= 0.6 is 11.6 Å². The van der Waals surface area contributed by atoms with Gasteiger partial charge in [0.25, 0.3) is 0 Å². The molecule has 4 rings (SSSR count). The average molecular weight is 539 g/mol. The minimum atomic E-state index is -4.98. The fraction of sp³-hybridized carbons (Fsp3) is 0.136. The summed E-state index contributed by atoms with van der Waals surface area (Å²) >= 11 is 6.07. The Hall–Kier alpha value is -3.73. The van der Waals surface area contributed by atoms with Crippen LogP contribution in [0.4, 0.5) is 23.2 Å². The van der Waals surface area contributed by atoms with Crippen molar-refractivity contribution in [2.24, 2.45) is 7.05 Å². The highest BCUT2D eigenvalue weighted by molar-refractivity contribution is 7.89. The maximum Gasteiger partial charge on any atom is 0.436 e. The first-order valence-electron chi connectivity index (χ1n) is 10.0. The van der Waals surface area contributed by atoms with Crippen molar-refractivity contribution in [3.8, 4) is 16.9 Å². The summed E-state index contributed by atoms with van der Waals surface area (Å²) in [6.45, 7) is 6.47. The molecule has 0 radical (unpaired) electrons. The van der Waals surface area contributed by atoms with Crippen molar-refractivity contribution in [1.82, 2.24) is 24.3 Å². The summed E-state index contributed by atoms with van der Waals surface area (Å²) < 4.78 is 83.2. The van der Waals surface area contributed by atoms with E-state index in [1.54, 1.807) is 30.5 Å². The van der Waals surface area contributed by atoms with Crippen LogP contribution in [0, 0.1) is 12.4 Å². The van der Waals surface area contributed by atoms with Gasteiger partial charge in [-0.1, -0.05) is 29.8 Å². The van der Waals surface area contributed by atoms with Crippen molar-refractivity contribution in [2.45, 2.75) is 17.6 Å². The number of rotatable bonds is 6. The second kappa shape index (κ2) is 9.38. The first-order valence-corrected chi connectivity index (χ1v) is 11.9. The number of benzene rings is 2. The second-order valence-electron chi connectivity index (χ2n) is 7.54. The topological polar surface area (TPSA) is 86.2 Å². The van der Waals surface area contributed by atoms with Crippen LogP contribution in [0.1, 0.15) is 11.3 Å². The highest BCUT2D eigenvalue weighted by Gasteiger charge is 2.41. The molecule has 0 aliphatic rings. The molecule has 0 aliphatic carbocycles. The van der Waals surface area contributed by atoms with Gasteiger partial charge in [0.05, 0.1) is 18.0 Å². The normalized spacial score (nSPS) is 12.0. The molecule has 186 valence electrons. The quantitative estimate of drug-likeness (QED) is 0.273. The van der Waals surface area contributed by atoms with Crippen LogP contribution in [0.3, 0.4) is 0 Å². The maximum absolute atomic E-state index is 14.7. The first kappa shape index (κ1) is 25.4. The predicted octanol–water partition coefficient (Wildman–Crippen LogP) is 5.11. The van der Waals surface area contributed by atoms with Gasteiger partial charge in [-0.15, -0.1) is 0 Å². The summed E-state index contributed by atoms with van der Waals surface area (Å²) in [7, 11) is -3.48. The molecule has 0 aliphatic heterocycles. The Balaban J connectivity index is 1.53. The summed E-state index contributed by atoms with van der Waals surface area (Å²) in [6, 6.07) is 10.4. The van der Waals surface area contributed by atoms with Crippen molar-refractivity contribution in [1.29, 1.82) is 0 Å². The van der Waals surface area contributed by atoms with Gasteiger partial charge in [-0.05, 0) is 24.3 Å². The van der Waals surface area contributed by atoms with E-state index in [2.05, 4.69) is 15.0 Å². The van der Waals surface area contributed by atoms with E-state index >= 15 is 0 Å². The minimum Gasteiger partial charge on any atom is -0.274 e. The Morgan fingerprint density at radius 1 is 1.14 bits per heavy atom. The molecule has 2 aromatic heterocycles. The summed E-state index contributed by atoms with van der Waals surface area (Å²) in [4.78, 5) is 2.24. The molecule has 0 fully saturated rings. The zero-order valence-electron chi connectivity index (χ0n) is 18.3. The third kappa shape index (κ3) is 5.11. The monoisotopic (exact) mass is 538 g/mol. The van der Waals surface area contributed by atoms with E-state index in [1.165, 1.54) is 16.8 Å². The van der Waals surface area contributed by atoms with Gasteiger partial charge in [-0.2, -0.15) is 23.4 Å². The lowest BCUT2D eigenvalue weighted by atomic mass is 10.1. The number of sulfonamides is 1. The van der Waals surface area contributed by atoms with E-state index in [0.29, 0.717) is 22.6 Å². The lowest BCUT2D eigenvalue weighted by molar-refractivity contribution is -0.143. The molecule has 0 spiro atoms. The van der Waals surface area contributed by atoms with Crippen LogP contribution in [0.5, 0.6) is 0 Å². The van der Waals surface area contributed by atoms with E-state index < -0.39 is 39.2 Å². The van der Waals surface area contributed by atoms with Gasteiger partial charge < -0.3 is 0 Å². The highest BCUT2D eigenvalue weighted by Crippen LogP contribution is 2.33. The number of hydrogen-bond acceptors (Lipinski definition) is 4. The Morgan fingerprint density at radius 3 is 2.53 bits per heavy atom. The molecule has 2 aromatic carbocycles. The Bertz CT molecular complexity index is 1610. The summed E-state index contributed by atoms with van der Waals surface area (Å²) in [5, 5.41) is 7.80. The van der Waals surface area contributed by atoms with Gasteiger partial charge in [0.15, 0.2) is 5.69 Å². The lowest BCUT2D eigenvalue weighted by Gasteiger charge is -2.10. The van der Waals surface area contributed by atoms with Crippen molar-refractivity contribution in [3.63, 3.8) is 0 Å². The van der Waals surface area contributed by atoms with Crippen molar-refractivity contribution in [2.75, 3.05) is 0 Å². The molecular formula is C22H15ClF4N6O2S. The smallest absolute Gasteiger partial charge is 0.274 e. The first-order chi connectivity index (χ1) is 16.9. The Morgan fingerprint density at radius 2 is 1.89 bits per heavy atom. The van der Waals surface area contributed by atoms with Gasteiger partial charge in [-0.3, -0.25) is 4.68 Å². The largest absolute Gasteiger partial charge is 0.436 e.